The Bertz CT molecular complexity index is 1120. The second-order valence-electron chi connectivity index (χ2n) is 7.20. The molecule has 30 heavy (non-hydrogen) atoms. The minimum absolute atomic E-state index is 0.184. The molecule has 0 fully saturated rings. The molecule has 1 heterocycles. The molecule has 0 saturated heterocycles. The monoisotopic (exact) mass is 420 g/mol. The number of carbonyl (C=O) groups is 1. The Morgan fingerprint density at radius 1 is 1.10 bits per heavy atom. The predicted molar refractivity (Wildman–Crippen MR) is 111 cm³/mol. The van der Waals surface area contributed by atoms with E-state index in [0.717, 1.165) is 11.1 Å². The summed E-state index contributed by atoms with van der Waals surface area (Å²) in [4.78, 5) is 15.0. The summed E-state index contributed by atoms with van der Waals surface area (Å²) in [6.07, 6.45) is -0.229. The van der Waals surface area contributed by atoms with Crippen LogP contribution in [0.15, 0.2) is 66.7 Å². The fourth-order valence-electron chi connectivity index (χ4n) is 3.53. The zero-order valence-corrected chi connectivity index (χ0v) is 16.8. The number of benzene rings is 3. The molecule has 0 radical (unpaired) electrons. The first-order valence-corrected chi connectivity index (χ1v) is 9.87. The van der Waals surface area contributed by atoms with Crippen molar-refractivity contribution in [2.75, 3.05) is 0 Å². The largest absolute Gasteiger partial charge is 0.480 e. The Kier molecular flexibility index (Phi) is 5.69. The molecular formula is C24H18ClFN2O2. The van der Waals surface area contributed by atoms with Crippen molar-refractivity contribution in [1.82, 2.24) is 4.90 Å². The van der Waals surface area contributed by atoms with Gasteiger partial charge in [-0.05, 0) is 59.2 Å². The topological polar surface area (TPSA) is 53.3 Å². The third-order valence-corrected chi connectivity index (χ3v) is 5.24. The van der Waals surface area contributed by atoms with Crippen LogP contribution in [-0.2, 0) is 24.3 Å². The van der Waals surface area contributed by atoms with Crippen molar-refractivity contribution >= 4 is 17.5 Å². The molecule has 0 bridgehead atoms. The third kappa shape index (κ3) is 4.45. The Morgan fingerprint density at radius 3 is 2.60 bits per heavy atom. The van der Waals surface area contributed by atoms with Crippen LogP contribution < -0.4 is 4.74 Å². The van der Waals surface area contributed by atoms with Crippen LogP contribution in [0, 0.1) is 17.1 Å². The van der Waals surface area contributed by atoms with E-state index < -0.39 is 6.10 Å². The van der Waals surface area contributed by atoms with E-state index in [1.165, 1.54) is 12.1 Å². The minimum Gasteiger partial charge on any atom is -0.480 e. The highest BCUT2D eigenvalue weighted by Gasteiger charge is 2.32. The van der Waals surface area contributed by atoms with Crippen LogP contribution in [0.1, 0.15) is 22.3 Å². The van der Waals surface area contributed by atoms with Crippen molar-refractivity contribution in [2.45, 2.75) is 25.6 Å². The highest BCUT2D eigenvalue weighted by molar-refractivity contribution is 6.30. The van der Waals surface area contributed by atoms with E-state index in [-0.39, 0.29) is 18.3 Å². The van der Waals surface area contributed by atoms with E-state index >= 15 is 0 Å². The summed E-state index contributed by atoms with van der Waals surface area (Å²) < 4.78 is 19.5. The number of ether oxygens (including phenoxy) is 1. The highest BCUT2D eigenvalue weighted by Crippen LogP contribution is 2.32. The maximum absolute atomic E-state index is 13.7. The zero-order valence-electron chi connectivity index (χ0n) is 16.0. The first-order valence-electron chi connectivity index (χ1n) is 9.49. The van der Waals surface area contributed by atoms with Gasteiger partial charge in [0.2, 0.25) is 0 Å². The number of carbonyl (C=O) groups excluding carboxylic acids is 1. The lowest BCUT2D eigenvalue weighted by Crippen LogP contribution is -2.40. The zero-order chi connectivity index (χ0) is 21.1. The van der Waals surface area contributed by atoms with Gasteiger partial charge in [0, 0.05) is 24.5 Å². The molecule has 1 aliphatic rings. The van der Waals surface area contributed by atoms with Gasteiger partial charge in [-0.25, -0.2) is 4.39 Å². The van der Waals surface area contributed by atoms with Crippen LogP contribution in [0.4, 0.5) is 4.39 Å². The number of amides is 1. The maximum atomic E-state index is 13.7. The van der Waals surface area contributed by atoms with Crippen LogP contribution in [0.3, 0.4) is 0 Å². The number of nitrogens with zero attached hydrogens (tertiary/aromatic N) is 2. The second-order valence-corrected chi connectivity index (χ2v) is 7.63. The van der Waals surface area contributed by atoms with Gasteiger partial charge in [0.05, 0.1) is 11.6 Å². The lowest BCUT2D eigenvalue weighted by atomic mass is 10.1. The molecule has 4 nitrogen and oxygen atoms in total. The lowest BCUT2D eigenvalue weighted by Gasteiger charge is -2.26. The van der Waals surface area contributed by atoms with Gasteiger partial charge < -0.3 is 9.64 Å². The molecule has 0 spiro atoms. The Balaban J connectivity index is 1.57. The normalized spacial score (nSPS) is 14.5. The quantitative estimate of drug-likeness (QED) is 0.591. The average Bonchev–Trinajstić information content (AvgIpc) is 3.16. The van der Waals surface area contributed by atoms with E-state index in [2.05, 4.69) is 6.07 Å². The molecule has 1 atom stereocenters. The van der Waals surface area contributed by atoms with Crippen molar-refractivity contribution in [2.24, 2.45) is 0 Å². The molecule has 0 aliphatic carbocycles. The third-order valence-electron chi connectivity index (χ3n) is 5.00. The standard InChI is InChI=1S/C24H18ClFN2O2/c25-20-8-9-22-19(11-20)12-23(30-22)24(29)28(15-18-2-1-3-21(26)10-18)14-17-6-4-16(13-27)5-7-17/h1-11,23H,12,14-15H2. The predicted octanol–water partition coefficient (Wildman–Crippen LogP) is 4.88. The summed E-state index contributed by atoms with van der Waals surface area (Å²) in [5.74, 6) is 0.121. The molecule has 4 rings (SSSR count). The highest BCUT2D eigenvalue weighted by atomic mass is 35.5. The summed E-state index contributed by atoms with van der Waals surface area (Å²) >= 11 is 6.06. The number of rotatable bonds is 5. The van der Waals surface area contributed by atoms with Gasteiger partial charge in [-0.15, -0.1) is 0 Å². The van der Waals surface area contributed by atoms with Crippen LogP contribution in [-0.4, -0.2) is 16.9 Å². The van der Waals surface area contributed by atoms with E-state index in [9.17, 15) is 9.18 Å². The molecule has 3 aromatic carbocycles. The molecule has 3 aromatic rings. The van der Waals surface area contributed by atoms with Crippen LogP contribution in [0.25, 0.3) is 0 Å². The minimum atomic E-state index is -0.662. The van der Waals surface area contributed by atoms with Crippen molar-refractivity contribution in [3.8, 4) is 11.8 Å². The van der Waals surface area contributed by atoms with Gasteiger partial charge in [0.15, 0.2) is 6.10 Å². The first-order chi connectivity index (χ1) is 14.5. The summed E-state index contributed by atoms with van der Waals surface area (Å²) in [5.41, 5.74) is 3.01. The Labute approximate surface area is 179 Å². The van der Waals surface area contributed by atoms with Gasteiger partial charge in [-0.1, -0.05) is 35.9 Å². The van der Waals surface area contributed by atoms with Crippen LogP contribution in [0.5, 0.6) is 5.75 Å². The van der Waals surface area contributed by atoms with E-state index in [1.807, 2.05) is 18.2 Å². The molecule has 1 aliphatic heterocycles. The Hall–Kier alpha value is -3.36. The summed E-state index contributed by atoms with van der Waals surface area (Å²) in [5, 5.41) is 9.59. The van der Waals surface area contributed by atoms with Crippen molar-refractivity contribution in [1.29, 1.82) is 5.26 Å². The van der Waals surface area contributed by atoms with E-state index in [0.29, 0.717) is 34.9 Å². The van der Waals surface area contributed by atoms with Gasteiger partial charge in [-0.3, -0.25) is 4.79 Å². The maximum Gasteiger partial charge on any atom is 0.264 e. The fraction of sp³-hybridized carbons (Fsp3) is 0.167. The molecule has 0 N–H and O–H groups in total. The Morgan fingerprint density at radius 2 is 1.87 bits per heavy atom. The molecule has 0 aromatic heterocycles. The first kappa shape index (κ1) is 19.9. The van der Waals surface area contributed by atoms with Gasteiger partial charge in [0.1, 0.15) is 11.6 Å². The van der Waals surface area contributed by atoms with Crippen molar-refractivity contribution in [3.63, 3.8) is 0 Å². The summed E-state index contributed by atoms with van der Waals surface area (Å²) in [6, 6.07) is 20.6. The number of halogens is 2. The molecule has 150 valence electrons. The van der Waals surface area contributed by atoms with Crippen molar-refractivity contribution in [3.05, 3.63) is 99.8 Å². The van der Waals surface area contributed by atoms with Crippen molar-refractivity contribution < 1.29 is 13.9 Å². The fourth-order valence-corrected chi connectivity index (χ4v) is 3.73. The van der Waals surface area contributed by atoms with Crippen LogP contribution >= 0.6 is 11.6 Å². The smallest absolute Gasteiger partial charge is 0.264 e. The summed E-state index contributed by atoms with van der Waals surface area (Å²) in [7, 11) is 0. The van der Waals surface area contributed by atoms with Gasteiger partial charge in [0.25, 0.3) is 5.91 Å². The molecule has 1 amide bonds. The second kappa shape index (κ2) is 8.56. The molecule has 0 saturated carbocycles. The number of fused-ring (bicyclic) bond motifs is 1. The van der Waals surface area contributed by atoms with Gasteiger partial charge in [-0.2, -0.15) is 5.26 Å². The van der Waals surface area contributed by atoms with Gasteiger partial charge >= 0.3 is 0 Å². The number of hydrogen-bond acceptors (Lipinski definition) is 3. The van der Waals surface area contributed by atoms with Crippen LogP contribution in [0.2, 0.25) is 5.02 Å². The average molecular weight is 421 g/mol. The number of nitriles is 1. The molecule has 6 heteroatoms. The molecule has 1 unspecified atom stereocenters. The van der Waals surface area contributed by atoms with E-state index in [1.54, 1.807) is 41.3 Å². The SMILES string of the molecule is N#Cc1ccc(CN(Cc2cccc(F)c2)C(=O)C2Cc3cc(Cl)ccc3O2)cc1. The number of hydrogen-bond donors (Lipinski definition) is 0. The molecular weight excluding hydrogens is 403 g/mol. The summed E-state index contributed by atoms with van der Waals surface area (Å²) in [6.45, 7) is 0.561. The lowest BCUT2D eigenvalue weighted by molar-refractivity contribution is -0.139. The van der Waals surface area contributed by atoms with E-state index in [4.69, 9.17) is 21.6 Å².